The number of aryl methyl sites for hydroxylation is 1. The van der Waals surface area contributed by atoms with Crippen LogP contribution in [0.4, 0.5) is 5.69 Å². The van der Waals surface area contributed by atoms with Gasteiger partial charge in [0.05, 0.1) is 17.1 Å². The van der Waals surface area contributed by atoms with Gasteiger partial charge in [-0.05, 0) is 42.3 Å². The summed E-state index contributed by atoms with van der Waals surface area (Å²) in [6.07, 6.45) is 2.95. The van der Waals surface area contributed by atoms with E-state index in [9.17, 15) is 13.2 Å². The number of para-hydroxylation sites is 1. The van der Waals surface area contributed by atoms with Crippen molar-refractivity contribution in [3.63, 3.8) is 0 Å². The molecule has 0 amide bonds. The Kier molecular flexibility index (Phi) is 5.59. The van der Waals surface area contributed by atoms with E-state index >= 15 is 0 Å². The van der Waals surface area contributed by atoms with E-state index in [0.717, 1.165) is 5.56 Å². The van der Waals surface area contributed by atoms with Crippen LogP contribution in [-0.4, -0.2) is 40.9 Å². The predicted molar refractivity (Wildman–Crippen MR) is 101 cm³/mol. The normalized spacial score (nSPS) is 11.2. The first-order valence-electron chi connectivity index (χ1n) is 8.23. The maximum absolute atomic E-state index is 12.8. The summed E-state index contributed by atoms with van der Waals surface area (Å²) in [7, 11) is -3.85. The second-order valence-corrected chi connectivity index (χ2v) is 7.65. The van der Waals surface area contributed by atoms with Gasteiger partial charge in [-0.25, -0.2) is 22.9 Å². The molecule has 0 saturated carbocycles. The lowest BCUT2D eigenvalue weighted by Crippen LogP contribution is -2.16. The minimum absolute atomic E-state index is 0.0447. The van der Waals surface area contributed by atoms with E-state index in [1.807, 2.05) is 6.07 Å². The van der Waals surface area contributed by atoms with Gasteiger partial charge in [0.25, 0.3) is 10.0 Å². The molecule has 3 rings (SSSR count). The summed E-state index contributed by atoms with van der Waals surface area (Å²) in [4.78, 5) is 14.5. The van der Waals surface area contributed by atoms with E-state index in [4.69, 9.17) is 9.84 Å². The largest absolute Gasteiger partial charge is 0.482 e. The molecule has 146 valence electrons. The van der Waals surface area contributed by atoms with E-state index in [0.29, 0.717) is 23.5 Å². The summed E-state index contributed by atoms with van der Waals surface area (Å²) in [5.41, 5.74) is 1.68. The summed E-state index contributed by atoms with van der Waals surface area (Å²) < 4.78 is 34.9. The Morgan fingerprint density at radius 3 is 2.71 bits per heavy atom. The summed E-state index contributed by atoms with van der Waals surface area (Å²) in [5.74, 6) is -0.797. The molecule has 28 heavy (non-hydrogen) atoms. The molecule has 0 fully saturated rings. The molecule has 1 heterocycles. The van der Waals surface area contributed by atoms with E-state index in [-0.39, 0.29) is 4.90 Å². The number of anilines is 1. The number of rotatable bonds is 8. The molecule has 2 N–H and O–H groups in total. The zero-order valence-electron chi connectivity index (χ0n) is 14.9. The number of aliphatic carboxylic acids is 1. The Bertz CT molecular complexity index is 1080. The van der Waals surface area contributed by atoms with Gasteiger partial charge in [-0.2, -0.15) is 5.10 Å². The van der Waals surface area contributed by atoms with Crippen molar-refractivity contribution in [1.82, 2.24) is 14.8 Å². The first-order chi connectivity index (χ1) is 13.3. The van der Waals surface area contributed by atoms with Crippen molar-refractivity contribution in [2.45, 2.75) is 18.4 Å². The zero-order chi connectivity index (χ0) is 20.1. The molecule has 0 bridgehead atoms. The number of ether oxygens (including phenoxy) is 1. The molecular weight excluding hydrogens is 384 g/mol. The van der Waals surface area contributed by atoms with E-state index < -0.39 is 22.6 Å². The highest BCUT2D eigenvalue weighted by molar-refractivity contribution is 7.92. The fraction of sp³-hybridized carbons (Fsp3) is 0.167. The van der Waals surface area contributed by atoms with Crippen molar-refractivity contribution >= 4 is 21.7 Å². The number of benzene rings is 2. The molecule has 1 aromatic heterocycles. The molecule has 0 spiro atoms. The first kappa shape index (κ1) is 19.4. The number of aromatic nitrogens is 3. The molecule has 3 aromatic rings. The summed E-state index contributed by atoms with van der Waals surface area (Å²) in [6, 6.07) is 11.2. The topological polar surface area (TPSA) is 123 Å². The Labute approximate surface area is 161 Å². The van der Waals surface area contributed by atoms with E-state index in [2.05, 4.69) is 14.8 Å². The van der Waals surface area contributed by atoms with E-state index in [1.165, 1.54) is 24.5 Å². The molecule has 0 aliphatic heterocycles. The second-order valence-electron chi connectivity index (χ2n) is 5.97. The van der Waals surface area contributed by atoms with Crippen molar-refractivity contribution in [2.24, 2.45) is 0 Å². The SMILES string of the molecule is Cc1cc(S(=O)(=O)Nc2ccccc2Cn2cncn2)ccc1OCC(=O)O. The van der Waals surface area contributed by atoms with Gasteiger partial charge in [0, 0.05) is 0 Å². The Morgan fingerprint density at radius 1 is 1.25 bits per heavy atom. The van der Waals surface area contributed by atoms with Crippen molar-refractivity contribution in [3.8, 4) is 5.75 Å². The van der Waals surface area contributed by atoms with Gasteiger partial charge in [-0.15, -0.1) is 0 Å². The van der Waals surface area contributed by atoms with Gasteiger partial charge < -0.3 is 9.84 Å². The average molecular weight is 402 g/mol. The van der Waals surface area contributed by atoms with Crippen molar-refractivity contribution in [3.05, 3.63) is 66.2 Å². The summed E-state index contributed by atoms with van der Waals surface area (Å²) in [6.45, 7) is 1.51. The predicted octanol–water partition coefficient (Wildman–Crippen LogP) is 1.90. The smallest absolute Gasteiger partial charge is 0.341 e. The number of hydrogen-bond acceptors (Lipinski definition) is 6. The fourth-order valence-electron chi connectivity index (χ4n) is 2.54. The minimum atomic E-state index is -3.85. The molecule has 0 unspecified atom stereocenters. The third kappa shape index (κ3) is 4.65. The third-order valence-corrected chi connectivity index (χ3v) is 5.23. The van der Waals surface area contributed by atoms with Crippen LogP contribution < -0.4 is 9.46 Å². The number of hydrogen-bond donors (Lipinski definition) is 2. The van der Waals surface area contributed by atoms with Crippen LogP contribution in [0.2, 0.25) is 0 Å². The van der Waals surface area contributed by atoms with Crippen LogP contribution in [0.3, 0.4) is 0 Å². The molecule has 2 aromatic carbocycles. The van der Waals surface area contributed by atoms with Gasteiger partial charge in [0.1, 0.15) is 18.4 Å². The lowest BCUT2D eigenvalue weighted by molar-refractivity contribution is -0.139. The first-order valence-corrected chi connectivity index (χ1v) is 9.72. The van der Waals surface area contributed by atoms with Gasteiger partial charge in [-0.3, -0.25) is 4.72 Å². The Balaban J connectivity index is 1.82. The lowest BCUT2D eigenvalue weighted by atomic mass is 10.2. The number of carboxylic acid groups (broad SMARTS) is 1. The number of nitrogens with one attached hydrogen (secondary N) is 1. The summed E-state index contributed by atoms with van der Waals surface area (Å²) in [5, 5.41) is 12.7. The van der Waals surface area contributed by atoms with Crippen molar-refractivity contribution < 1.29 is 23.1 Å². The maximum atomic E-state index is 12.8. The van der Waals surface area contributed by atoms with Crippen LogP contribution >= 0.6 is 0 Å². The molecule has 9 nitrogen and oxygen atoms in total. The quantitative estimate of drug-likeness (QED) is 0.590. The number of nitrogens with zero attached hydrogens (tertiary/aromatic N) is 3. The average Bonchev–Trinajstić information content (AvgIpc) is 3.15. The molecule has 0 atom stereocenters. The van der Waals surface area contributed by atoms with Crippen LogP contribution in [-0.2, 0) is 21.4 Å². The van der Waals surface area contributed by atoms with Gasteiger partial charge in [0.15, 0.2) is 6.61 Å². The molecule has 0 aliphatic carbocycles. The van der Waals surface area contributed by atoms with Crippen LogP contribution in [0.25, 0.3) is 0 Å². The molecule has 0 saturated heterocycles. The number of carbonyl (C=O) groups is 1. The Hall–Kier alpha value is -3.40. The van der Waals surface area contributed by atoms with Gasteiger partial charge >= 0.3 is 5.97 Å². The highest BCUT2D eigenvalue weighted by atomic mass is 32.2. The van der Waals surface area contributed by atoms with Crippen LogP contribution in [0.1, 0.15) is 11.1 Å². The highest BCUT2D eigenvalue weighted by Crippen LogP contribution is 2.25. The maximum Gasteiger partial charge on any atom is 0.341 e. The fourth-order valence-corrected chi connectivity index (χ4v) is 3.73. The Morgan fingerprint density at radius 2 is 2.04 bits per heavy atom. The summed E-state index contributed by atoms with van der Waals surface area (Å²) >= 11 is 0. The minimum Gasteiger partial charge on any atom is -0.482 e. The highest BCUT2D eigenvalue weighted by Gasteiger charge is 2.18. The molecule has 0 radical (unpaired) electrons. The molecular formula is C18H18N4O5S. The van der Waals surface area contributed by atoms with E-state index in [1.54, 1.807) is 36.1 Å². The third-order valence-electron chi connectivity index (χ3n) is 3.87. The number of sulfonamides is 1. The van der Waals surface area contributed by atoms with Crippen LogP contribution in [0, 0.1) is 6.92 Å². The lowest BCUT2D eigenvalue weighted by Gasteiger charge is -2.14. The number of carboxylic acids is 1. The van der Waals surface area contributed by atoms with Gasteiger partial charge in [-0.1, -0.05) is 18.2 Å². The van der Waals surface area contributed by atoms with Crippen LogP contribution in [0.15, 0.2) is 60.0 Å². The molecule has 10 heteroatoms. The van der Waals surface area contributed by atoms with Crippen LogP contribution in [0.5, 0.6) is 5.75 Å². The van der Waals surface area contributed by atoms with Crippen molar-refractivity contribution in [1.29, 1.82) is 0 Å². The van der Waals surface area contributed by atoms with Crippen molar-refractivity contribution in [2.75, 3.05) is 11.3 Å². The monoisotopic (exact) mass is 402 g/mol. The zero-order valence-corrected chi connectivity index (χ0v) is 15.8. The van der Waals surface area contributed by atoms with Gasteiger partial charge in [0.2, 0.25) is 0 Å². The second kappa shape index (κ2) is 8.09. The molecule has 0 aliphatic rings. The standard InChI is InChI=1S/C18H18N4O5S/c1-13-8-15(6-7-17(13)27-10-18(23)24)28(25,26)21-16-5-3-2-4-14(16)9-22-12-19-11-20-22/h2-8,11-12,21H,9-10H2,1H3,(H,23,24).